The number of anilines is 2. The number of halogens is 1. The Morgan fingerprint density at radius 1 is 1.20 bits per heavy atom. The van der Waals surface area contributed by atoms with Gasteiger partial charge in [0.05, 0.1) is 35.2 Å². The van der Waals surface area contributed by atoms with Crippen molar-refractivity contribution in [3.8, 4) is 0 Å². The van der Waals surface area contributed by atoms with E-state index in [1.165, 1.54) is 24.0 Å². The molecule has 3 aromatic rings. The zero-order valence-corrected chi connectivity index (χ0v) is 19.4. The predicted molar refractivity (Wildman–Crippen MR) is 130 cm³/mol. The maximum atomic E-state index is 14.6. The van der Waals surface area contributed by atoms with Crippen molar-refractivity contribution < 1.29 is 18.7 Å². The van der Waals surface area contributed by atoms with Crippen molar-refractivity contribution in [1.82, 2.24) is 14.9 Å². The van der Waals surface area contributed by atoms with Gasteiger partial charge in [0, 0.05) is 41.2 Å². The van der Waals surface area contributed by atoms with Crippen LogP contribution in [-0.4, -0.2) is 53.0 Å². The lowest BCUT2D eigenvalue weighted by atomic mass is 10.0. The summed E-state index contributed by atoms with van der Waals surface area (Å²) in [6, 6.07) is 8.64. The maximum Gasteiger partial charge on any atom is 0.414 e. The number of hydrogen-bond acceptors (Lipinski definition) is 7. The molecular formula is C24H22FN5O4S. The van der Waals surface area contributed by atoms with Crippen LogP contribution in [0.4, 0.5) is 20.6 Å². The van der Waals surface area contributed by atoms with E-state index in [9.17, 15) is 18.8 Å². The van der Waals surface area contributed by atoms with Gasteiger partial charge in [-0.05, 0) is 37.2 Å². The molecule has 0 unspecified atom stereocenters. The number of benzene rings is 1. The van der Waals surface area contributed by atoms with E-state index in [1.54, 1.807) is 21.6 Å². The highest BCUT2D eigenvalue weighted by Crippen LogP contribution is 2.36. The van der Waals surface area contributed by atoms with Crippen LogP contribution in [0.5, 0.6) is 0 Å². The highest BCUT2D eigenvalue weighted by Gasteiger charge is 2.33. The Morgan fingerprint density at radius 2 is 2.09 bits per heavy atom. The van der Waals surface area contributed by atoms with Crippen molar-refractivity contribution in [2.45, 2.75) is 29.9 Å². The van der Waals surface area contributed by atoms with E-state index in [0.29, 0.717) is 66.3 Å². The van der Waals surface area contributed by atoms with Gasteiger partial charge in [0.15, 0.2) is 0 Å². The van der Waals surface area contributed by atoms with Crippen molar-refractivity contribution >= 4 is 46.2 Å². The van der Waals surface area contributed by atoms with Gasteiger partial charge in [0.25, 0.3) is 5.56 Å². The average molecular weight is 496 g/mol. The Hall–Kier alpha value is -3.44. The molecule has 0 saturated carbocycles. The van der Waals surface area contributed by atoms with Crippen LogP contribution >= 0.6 is 11.8 Å². The van der Waals surface area contributed by atoms with Crippen molar-refractivity contribution in [1.29, 1.82) is 0 Å². The molecular weight excluding hydrogens is 473 g/mol. The molecule has 2 N–H and O–H groups in total. The fourth-order valence-corrected chi connectivity index (χ4v) is 5.76. The van der Waals surface area contributed by atoms with E-state index in [0.717, 1.165) is 4.90 Å². The van der Waals surface area contributed by atoms with E-state index in [-0.39, 0.29) is 23.5 Å². The number of rotatable bonds is 6. The Kier molecular flexibility index (Phi) is 5.45. The minimum Gasteiger partial charge on any atom is -0.444 e. The summed E-state index contributed by atoms with van der Waals surface area (Å²) in [5.41, 5.74) is 2.93. The summed E-state index contributed by atoms with van der Waals surface area (Å²) in [5.74, 6) is -0.256. The summed E-state index contributed by atoms with van der Waals surface area (Å²) >= 11 is 1.47. The molecule has 1 fully saturated rings. The third-order valence-electron chi connectivity index (χ3n) is 6.62. The molecule has 2 aromatic heterocycles. The Morgan fingerprint density at radius 3 is 2.97 bits per heavy atom. The van der Waals surface area contributed by atoms with E-state index in [4.69, 9.17) is 4.74 Å². The molecule has 3 aliphatic rings. The minimum atomic E-state index is -0.420. The number of nitrogens with one attached hydrogen (secondary N) is 2. The first-order valence-corrected chi connectivity index (χ1v) is 12.4. The molecule has 1 saturated heterocycles. The second kappa shape index (κ2) is 8.65. The lowest BCUT2D eigenvalue weighted by molar-refractivity contribution is -0.113. The first-order valence-electron chi connectivity index (χ1n) is 11.4. The molecule has 0 spiro atoms. The molecule has 11 heteroatoms. The maximum absolute atomic E-state index is 14.6. The van der Waals surface area contributed by atoms with E-state index >= 15 is 0 Å². The van der Waals surface area contributed by atoms with Gasteiger partial charge >= 0.3 is 6.09 Å². The van der Waals surface area contributed by atoms with E-state index in [2.05, 4.69) is 15.6 Å². The van der Waals surface area contributed by atoms with Crippen molar-refractivity contribution in [3.63, 3.8) is 0 Å². The van der Waals surface area contributed by atoms with Crippen LogP contribution in [0.3, 0.4) is 0 Å². The topological polar surface area (TPSA) is 106 Å². The van der Waals surface area contributed by atoms with Gasteiger partial charge in [-0.15, -0.1) is 11.8 Å². The number of nitrogens with zero attached hydrogens (tertiary/aromatic N) is 3. The summed E-state index contributed by atoms with van der Waals surface area (Å²) in [6.07, 6.45) is 1.09. The van der Waals surface area contributed by atoms with Gasteiger partial charge in [-0.1, -0.05) is 0 Å². The molecule has 0 bridgehead atoms. The summed E-state index contributed by atoms with van der Waals surface area (Å²) in [5, 5.41) is 6.17. The lowest BCUT2D eigenvalue weighted by Crippen LogP contribution is -2.29. The number of ether oxygens (including phenoxy) is 1. The summed E-state index contributed by atoms with van der Waals surface area (Å²) in [7, 11) is 0. The molecule has 2 amide bonds. The fraction of sp³-hybridized carbons (Fsp3) is 0.333. The molecule has 2 atom stereocenters. The van der Waals surface area contributed by atoms with Crippen molar-refractivity contribution in [2.24, 2.45) is 0 Å². The van der Waals surface area contributed by atoms with Crippen LogP contribution in [0.25, 0.3) is 11.0 Å². The van der Waals surface area contributed by atoms with Crippen LogP contribution in [0, 0.1) is 5.82 Å². The molecule has 35 heavy (non-hydrogen) atoms. The largest absolute Gasteiger partial charge is 0.444 e. The molecule has 5 heterocycles. The van der Waals surface area contributed by atoms with E-state index in [1.807, 2.05) is 12.1 Å². The fourth-order valence-electron chi connectivity index (χ4n) is 4.97. The molecule has 180 valence electrons. The van der Waals surface area contributed by atoms with Crippen LogP contribution in [0.1, 0.15) is 17.9 Å². The monoisotopic (exact) mass is 495 g/mol. The average Bonchev–Trinajstić information content (AvgIpc) is 3.42. The van der Waals surface area contributed by atoms with Gasteiger partial charge < -0.3 is 19.9 Å². The highest BCUT2D eigenvalue weighted by molar-refractivity contribution is 8.00. The lowest BCUT2D eigenvalue weighted by Gasteiger charge is -2.20. The number of cyclic esters (lactones) is 1. The van der Waals surface area contributed by atoms with Gasteiger partial charge in [-0.25, -0.2) is 9.18 Å². The normalized spacial score (nSPS) is 20.8. The standard InChI is InChI=1S/C24H22FN5O4S/c25-16-9-27-17-2-4-21(32)30-10-13(22(16)23(17)30)8-26-6-5-15-11-29(24(33)34-15)14-1-3-19-18(7-14)28-20(31)12-35-19/h1-4,7,9,13,15,26H,5-6,8,10-12H2,(H,28,31)/t13-,15-/m0/s1. The zero-order valence-electron chi connectivity index (χ0n) is 18.6. The number of thioether (sulfide) groups is 1. The third-order valence-corrected chi connectivity index (χ3v) is 7.69. The first kappa shape index (κ1) is 22.1. The number of pyridine rings is 2. The number of carbonyl (C=O) groups excluding carboxylic acids is 2. The third kappa shape index (κ3) is 3.94. The summed E-state index contributed by atoms with van der Waals surface area (Å²) in [6.45, 7) is 1.87. The molecule has 1 aromatic carbocycles. The quantitative estimate of drug-likeness (QED) is 0.507. The number of fused-ring (bicyclic) bond motifs is 1. The number of hydrogen-bond donors (Lipinski definition) is 2. The van der Waals surface area contributed by atoms with Gasteiger partial charge in [-0.3, -0.25) is 19.5 Å². The number of carbonyl (C=O) groups is 2. The molecule has 0 aliphatic carbocycles. The predicted octanol–water partition coefficient (Wildman–Crippen LogP) is 2.68. The molecule has 6 rings (SSSR count). The molecule has 0 radical (unpaired) electrons. The minimum absolute atomic E-state index is 0.0600. The Bertz CT molecular complexity index is 1430. The van der Waals surface area contributed by atoms with Crippen LogP contribution in [0.15, 0.2) is 46.2 Å². The number of amides is 2. The van der Waals surface area contributed by atoms with Crippen LogP contribution < -0.4 is 21.1 Å². The molecule has 3 aliphatic heterocycles. The van der Waals surface area contributed by atoms with Crippen molar-refractivity contribution in [2.75, 3.05) is 35.6 Å². The van der Waals surface area contributed by atoms with Crippen molar-refractivity contribution in [3.05, 3.63) is 58.3 Å². The Balaban J connectivity index is 1.06. The molecule has 9 nitrogen and oxygen atoms in total. The smallest absolute Gasteiger partial charge is 0.414 e. The Labute approximate surface area is 203 Å². The van der Waals surface area contributed by atoms with E-state index < -0.39 is 11.9 Å². The second-order valence-electron chi connectivity index (χ2n) is 8.86. The SMILES string of the molecule is O=C1CSc2ccc(N3C[C@H](CCNC[C@H]4Cn5c(=O)ccc6ncc(F)c4c65)OC3=O)cc2N1. The summed E-state index contributed by atoms with van der Waals surface area (Å²) < 4.78 is 21.7. The van der Waals surface area contributed by atoms with Crippen LogP contribution in [0.2, 0.25) is 0 Å². The highest BCUT2D eigenvalue weighted by atomic mass is 32.2. The van der Waals surface area contributed by atoms with Gasteiger partial charge in [0.1, 0.15) is 11.9 Å². The second-order valence-corrected chi connectivity index (χ2v) is 9.88. The zero-order chi connectivity index (χ0) is 24.1. The van der Waals surface area contributed by atoms with Gasteiger partial charge in [0.2, 0.25) is 5.91 Å². The van der Waals surface area contributed by atoms with Crippen LogP contribution in [-0.2, 0) is 16.1 Å². The first-order chi connectivity index (χ1) is 17.0. The summed E-state index contributed by atoms with van der Waals surface area (Å²) in [4.78, 5) is 43.1. The van der Waals surface area contributed by atoms with Gasteiger partial charge in [-0.2, -0.15) is 0 Å². The number of aromatic nitrogens is 2.